The smallest absolute Gasteiger partial charge is 0.326 e. The molecular weight excluding hydrogens is 504 g/mol. The molecule has 4 amide bonds. The van der Waals surface area contributed by atoms with E-state index in [4.69, 9.17) is 22.3 Å². The van der Waals surface area contributed by atoms with Crippen molar-refractivity contribution in [3.63, 3.8) is 0 Å². The Labute approximate surface area is 218 Å². The predicted molar refractivity (Wildman–Crippen MR) is 132 cm³/mol. The van der Waals surface area contributed by atoms with Gasteiger partial charge in [-0.1, -0.05) is 0 Å². The van der Waals surface area contributed by atoms with Gasteiger partial charge in [0.25, 0.3) is 0 Å². The van der Waals surface area contributed by atoms with Crippen LogP contribution in [0, 0.1) is 0 Å². The lowest BCUT2D eigenvalue weighted by Crippen LogP contribution is -2.57. The van der Waals surface area contributed by atoms with E-state index in [0.717, 1.165) is 0 Å². The molecule has 0 radical (unpaired) electrons. The molecule has 212 valence electrons. The van der Waals surface area contributed by atoms with Crippen molar-refractivity contribution in [3.8, 4) is 0 Å². The molecule has 4 atom stereocenters. The monoisotopic (exact) mass is 540 g/mol. The summed E-state index contributed by atoms with van der Waals surface area (Å²) in [6, 6.07) is -5.10. The number of unbranched alkanes of at least 4 members (excludes halogenated alkanes) is 1. The third kappa shape index (κ3) is 12.3. The number of carboxylic acids is 2. The van der Waals surface area contributed by atoms with E-state index in [0.29, 0.717) is 25.1 Å². The van der Waals surface area contributed by atoms with E-state index >= 15 is 0 Å². The molecule has 0 bridgehead atoms. The van der Waals surface area contributed by atoms with Crippen molar-refractivity contribution in [2.24, 2.45) is 17.2 Å². The number of carboxylic acid groups (broad SMARTS) is 2. The first kappa shape index (κ1) is 32.0. The third-order valence-corrected chi connectivity index (χ3v) is 5.49. The number of amides is 4. The van der Waals surface area contributed by atoms with Crippen LogP contribution >= 0.6 is 0 Å². The molecule has 0 aliphatic heterocycles. The van der Waals surface area contributed by atoms with E-state index in [1.807, 2.05) is 0 Å². The normalized spacial score (nSPS) is 13.9. The van der Waals surface area contributed by atoms with E-state index in [9.17, 15) is 33.9 Å². The first-order chi connectivity index (χ1) is 17.9. The molecule has 16 heteroatoms. The molecule has 0 saturated carbocycles. The molecule has 1 aromatic rings. The van der Waals surface area contributed by atoms with Crippen LogP contribution < -0.4 is 33.2 Å². The molecule has 16 nitrogen and oxygen atoms in total. The summed E-state index contributed by atoms with van der Waals surface area (Å²) in [5, 5.41) is 25.5. The minimum atomic E-state index is -1.34. The number of carbonyl (C=O) groups excluding carboxylic acids is 4. The number of H-pyrrole nitrogens is 1. The molecule has 1 rings (SSSR count). The highest BCUT2D eigenvalue weighted by atomic mass is 16.4. The number of aliphatic carboxylic acids is 2. The van der Waals surface area contributed by atoms with Crippen LogP contribution in [0.1, 0.15) is 50.6 Å². The van der Waals surface area contributed by atoms with Gasteiger partial charge in [-0.05, 0) is 38.6 Å². The average molecular weight is 541 g/mol. The Morgan fingerprint density at radius 2 is 1.50 bits per heavy atom. The van der Waals surface area contributed by atoms with E-state index in [2.05, 4.69) is 25.9 Å². The number of hydrogen-bond donors (Lipinski definition) is 9. The summed E-state index contributed by atoms with van der Waals surface area (Å²) < 4.78 is 0. The van der Waals surface area contributed by atoms with Crippen LogP contribution in [0.15, 0.2) is 12.5 Å². The quantitative estimate of drug-likeness (QED) is 0.0801. The molecular formula is C22H36N8O8. The summed E-state index contributed by atoms with van der Waals surface area (Å²) in [5.74, 6) is -5.67. The molecule has 0 aliphatic rings. The van der Waals surface area contributed by atoms with Crippen LogP contribution in [0.3, 0.4) is 0 Å². The second kappa shape index (κ2) is 16.6. The number of imidazole rings is 1. The molecule has 38 heavy (non-hydrogen) atoms. The van der Waals surface area contributed by atoms with Crippen LogP contribution in [0.4, 0.5) is 0 Å². The molecule has 0 aromatic carbocycles. The Balaban J connectivity index is 3.05. The van der Waals surface area contributed by atoms with Crippen molar-refractivity contribution in [2.75, 3.05) is 6.54 Å². The van der Waals surface area contributed by atoms with Gasteiger partial charge < -0.3 is 48.3 Å². The highest BCUT2D eigenvalue weighted by Crippen LogP contribution is 2.07. The number of nitrogens with one attached hydrogen (secondary N) is 4. The molecule has 12 N–H and O–H groups in total. The van der Waals surface area contributed by atoms with Crippen molar-refractivity contribution in [1.82, 2.24) is 25.9 Å². The van der Waals surface area contributed by atoms with Gasteiger partial charge in [0.1, 0.15) is 18.1 Å². The number of aromatic nitrogens is 2. The summed E-state index contributed by atoms with van der Waals surface area (Å²) in [4.78, 5) is 78.9. The fraction of sp³-hybridized carbons (Fsp3) is 0.591. The van der Waals surface area contributed by atoms with Gasteiger partial charge >= 0.3 is 11.9 Å². The van der Waals surface area contributed by atoms with Gasteiger partial charge in [0.05, 0.1) is 12.4 Å². The van der Waals surface area contributed by atoms with Crippen molar-refractivity contribution in [3.05, 3.63) is 18.2 Å². The van der Waals surface area contributed by atoms with Crippen molar-refractivity contribution < 1.29 is 39.0 Å². The molecule has 0 saturated heterocycles. The summed E-state index contributed by atoms with van der Waals surface area (Å²) >= 11 is 0. The zero-order chi connectivity index (χ0) is 28.7. The lowest BCUT2D eigenvalue weighted by molar-refractivity contribution is -0.142. The largest absolute Gasteiger partial charge is 0.481 e. The second-order valence-electron chi connectivity index (χ2n) is 8.63. The zero-order valence-electron chi connectivity index (χ0n) is 20.9. The lowest BCUT2D eigenvalue weighted by atomic mass is 10.0. The maximum absolute atomic E-state index is 13.1. The van der Waals surface area contributed by atoms with E-state index < -0.39 is 59.7 Å². The number of hydrogen-bond acceptors (Lipinski definition) is 9. The Morgan fingerprint density at radius 1 is 0.868 bits per heavy atom. The Morgan fingerprint density at radius 3 is 2.05 bits per heavy atom. The Kier molecular flexibility index (Phi) is 14.0. The van der Waals surface area contributed by atoms with Crippen molar-refractivity contribution in [2.45, 2.75) is 75.5 Å². The van der Waals surface area contributed by atoms with Gasteiger partial charge in [0.2, 0.25) is 23.6 Å². The van der Waals surface area contributed by atoms with Gasteiger partial charge in [-0.3, -0.25) is 24.0 Å². The number of nitrogens with two attached hydrogens (primary N) is 3. The van der Waals surface area contributed by atoms with Crippen molar-refractivity contribution in [1.29, 1.82) is 0 Å². The summed E-state index contributed by atoms with van der Waals surface area (Å²) in [6.45, 7) is 0.358. The number of carbonyl (C=O) groups is 6. The number of nitrogens with zero attached hydrogens (tertiary/aromatic N) is 1. The standard InChI is InChI=1S/C22H36N8O8/c23-8-2-1-3-15(22(37)38)29-21(36)16(9-12-10-26-11-27-12)30-20(35)14(5-6-17(25)31)28-19(34)13(24)4-7-18(32)33/h10-11,13-16H,1-9,23-24H2,(H2,25,31)(H,26,27)(H,28,34)(H,29,36)(H,30,35)(H,32,33)(H,37,38). The molecule has 1 heterocycles. The lowest BCUT2D eigenvalue weighted by Gasteiger charge is -2.25. The van der Waals surface area contributed by atoms with E-state index in [-0.39, 0.29) is 38.5 Å². The summed E-state index contributed by atoms with van der Waals surface area (Å²) in [7, 11) is 0. The minimum absolute atomic E-state index is 0.0959. The Hall–Kier alpha value is -4.05. The fourth-order valence-corrected chi connectivity index (χ4v) is 3.36. The van der Waals surface area contributed by atoms with Crippen LogP contribution in [0.2, 0.25) is 0 Å². The number of aromatic amines is 1. The molecule has 4 unspecified atom stereocenters. The van der Waals surface area contributed by atoms with Gasteiger partial charge in [0.15, 0.2) is 0 Å². The number of rotatable bonds is 19. The summed E-state index contributed by atoms with van der Waals surface area (Å²) in [6.07, 6.45) is 2.71. The first-order valence-electron chi connectivity index (χ1n) is 12.0. The van der Waals surface area contributed by atoms with Gasteiger partial charge in [-0.15, -0.1) is 0 Å². The maximum Gasteiger partial charge on any atom is 0.326 e. The Bertz CT molecular complexity index is 955. The zero-order valence-corrected chi connectivity index (χ0v) is 20.9. The minimum Gasteiger partial charge on any atom is -0.481 e. The van der Waals surface area contributed by atoms with Crippen LogP contribution in [-0.2, 0) is 35.2 Å². The molecule has 0 spiro atoms. The predicted octanol–water partition coefficient (Wildman–Crippen LogP) is -2.92. The second-order valence-corrected chi connectivity index (χ2v) is 8.63. The number of primary amides is 1. The van der Waals surface area contributed by atoms with Crippen LogP contribution in [0.5, 0.6) is 0 Å². The highest BCUT2D eigenvalue weighted by Gasteiger charge is 2.31. The molecule has 0 aliphatic carbocycles. The van der Waals surface area contributed by atoms with Gasteiger partial charge in [-0.25, -0.2) is 9.78 Å². The summed E-state index contributed by atoms with van der Waals surface area (Å²) in [5.41, 5.74) is 16.8. The molecule has 0 fully saturated rings. The highest BCUT2D eigenvalue weighted by molar-refractivity contribution is 5.94. The van der Waals surface area contributed by atoms with E-state index in [1.54, 1.807) is 0 Å². The van der Waals surface area contributed by atoms with Crippen molar-refractivity contribution >= 4 is 35.6 Å². The third-order valence-electron chi connectivity index (χ3n) is 5.49. The topological polar surface area (TPSA) is 286 Å². The average Bonchev–Trinajstić information content (AvgIpc) is 3.36. The van der Waals surface area contributed by atoms with E-state index in [1.165, 1.54) is 12.5 Å². The fourth-order valence-electron chi connectivity index (χ4n) is 3.36. The van der Waals surface area contributed by atoms with Gasteiger partial charge in [-0.2, -0.15) is 0 Å². The molecule has 1 aromatic heterocycles. The van der Waals surface area contributed by atoms with Crippen LogP contribution in [-0.4, -0.2) is 86.5 Å². The first-order valence-corrected chi connectivity index (χ1v) is 12.0. The SMILES string of the molecule is NCCCCC(NC(=O)C(Cc1cnc[nH]1)NC(=O)C(CCC(N)=O)NC(=O)C(N)CCC(=O)O)C(=O)O. The van der Waals surface area contributed by atoms with Crippen LogP contribution in [0.25, 0.3) is 0 Å². The van der Waals surface area contributed by atoms with Gasteiger partial charge in [0, 0.05) is 31.2 Å². The maximum atomic E-state index is 13.1.